The molecule has 0 radical (unpaired) electrons. The van der Waals surface area contributed by atoms with Crippen molar-refractivity contribution in [2.75, 3.05) is 20.6 Å². The number of rotatable bonds is 5. The Morgan fingerprint density at radius 2 is 2.27 bits per heavy atom. The van der Waals surface area contributed by atoms with Gasteiger partial charge in [-0.15, -0.1) is 0 Å². The third-order valence-corrected chi connectivity index (χ3v) is 3.87. The second-order valence-corrected chi connectivity index (χ2v) is 6.08. The van der Waals surface area contributed by atoms with E-state index in [9.17, 15) is 0 Å². The smallest absolute Gasteiger partial charge is 0.193 e. The number of hydrogen-bond donors (Lipinski definition) is 1. The third kappa shape index (κ3) is 4.59. The number of nitrogens with zero attached hydrogens (tertiary/aromatic N) is 4. The number of aromatic nitrogens is 2. The van der Waals surface area contributed by atoms with Gasteiger partial charge in [0.05, 0.1) is 6.54 Å². The maximum Gasteiger partial charge on any atom is 0.193 e. The van der Waals surface area contributed by atoms with E-state index in [2.05, 4.69) is 53.0 Å². The molecule has 0 amide bonds. The van der Waals surface area contributed by atoms with Gasteiger partial charge in [0.1, 0.15) is 0 Å². The predicted octanol–water partition coefficient (Wildman–Crippen LogP) is 2.43. The predicted molar refractivity (Wildman–Crippen MR) is 93.9 cm³/mol. The molecule has 0 aliphatic rings. The first-order chi connectivity index (χ1) is 10.6. The Morgan fingerprint density at radius 1 is 1.45 bits per heavy atom. The van der Waals surface area contributed by atoms with Crippen molar-refractivity contribution in [3.05, 3.63) is 52.5 Å². The highest BCUT2D eigenvalue weighted by Crippen LogP contribution is 2.14. The van der Waals surface area contributed by atoms with E-state index in [1.165, 1.54) is 5.69 Å². The first kappa shape index (κ1) is 16.5. The number of halogens is 1. The van der Waals surface area contributed by atoms with Gasteiger partial charge in [-0.2, -0.15) is 0 Å². The van der Waals surface area contributed by atoms with Gasteiger partial charge in [0.25, 0.3) is 0 Å². The molecule has 0 saturated heterocycles. The molecule has 0 aromatic carbocycles. The Balaban J connectivity index is 1.87. The van der Waals surface area contributed by atoms with Crippen LogP contribution in [-0.4, -0.2) is 41.1 Å². The van der Waals surface area contributed by atoms with Crippen LogP contribution >= 0.6 is 15.9 Å². The molecule has 0 aliphatic heterocycles. The molecule has 2 rings (SSSR count). The Hall–Kier alpha value is -1.82. The fourth-order valence-corrected chi connectivity index (χ4v) is 2.85. The Morgan fingerprint density at radius 3 is 2.86 bits per heavy atom. The van der Waals surface area contributed by atoms with Gasteiger partial charge in [-0.05, 0) is 34.1 Å². The Labute approximate surface area is 140 Å². The van der Waals surface area contributed by atoms with Gasteiger partial charge in [-0.25, -0.2) is 0 Å². The number of pyridine rings is 1. The van der Waals surface area contributed by atoms with Gasteiger partial charge in [0, 0.05) is 62.4 Å². The van der Waals surface area contributed by atoms with Gasteiger partial charge >= 0.3 is 0 Å². The molecule has 0 aliphatic carbocycles. The second kappa shape index (κ2) is 7.98. The molecule has 0 unspecified atom stereocenters. The summed E-state index contributed by atoms with van der Waals surface area (Å²) in [4.78, 5) is 10.8. The molecule has 0 spiro atoms. The summed E-state index contributed by atoms with van der Waals surface area (Å²) in [5.41, 5.74) is 2.31. The van der Waals surface area contributed by atoms with Crippen molar-refractivity contribution in [1.29, 1.82) is 0 Å². The summed E-state index contributed by atoms with van der Waals surface area (Å²) < 4.78 is 3.21. The molecule has 0 bridgehead atoms. The minimum absolute atomic E-state index is 0.797. The molecule has 0 saturated carbocycles. The average Bonchev–Trinajstić information content (AvgIpc) is 2.82. The zero-order chi connectivity index (χ0) is 15.9. The van der Waals surface area contributed by atoms with E-state index >= 15 is 0 Å². The number of aryl methyl sites for hydroxylation is 1. The van der Waals surface area contributed by atoms with E-state index < -0.39 is 0 Å². The highest BCUT2D eigenvalue weighted by Gasteiger charge is 2.09. The molecule has 2 heterocycles. The van der Waals surface area contributed by atoms with Crippen LogP contribution in [-0.2, 0) is 20.0 Å². The van der Waals surface area contributed by atoms with Crippen LogP contribution in [0.2, 0.25) is 0 Å². The molecular weight excluding hydrogens is 342 g/mol. The molecule has 22 heavy (non-hydrogen) atoms. The lowest BCUT2D eigenvalue weighted by atomic mass is 10.3. The van der Waals surface area contributed by atoms with E-state index in [0.717, 1.165) is 35.6 Å². The lowest BCUT2D eigenvalue weighted by Crippen LogP contribution is -2.39. The Bertz CT molecular complexity index is 621. The minimum atomic E-state index is 0.797. The summed E-state index contributed by atoms with van der Waals surface area (Å²) in [6.07, 6.45) is 4.76. The van der Waals surface area contributed by atoms with Crippen molar-refractivity contribution >= 4 is 21.9 Å². The number of nitrogens with one attached hydrogen (secondary N) is 1. The van der Waals surface area contributed by atoms with Crippen molar-refractivity contribution in [2.24, 2.45) is 12.0 Å². The van der Waals surface area contributed by atoms with Crippen LogP contribution in [0.4, 0.5) is 0 Å². The summed E-state index contributed by atoms with van der Waals surface area (Å²) in [6.45, 7) is 1.61. The zero-order valence-electron chi connectivity index (χ0n) is 13.3. The van der Waals surface area contributed by atoms with E-state index in [4.69, 9.17) is 0 Å². The second-order valence-electron chi connectivity index (χ2n) is 5.16. The monoisotopic (exact) mass is 363 g/mol. The quantitative estimate of drug-likeness (QED) is 0.655. The zero-order valence-corrected chi connectivity index (χ0v) is 14.8. The van der Waals surface area contributed by atoms with Crippen LogP contribution in [0.25, 0.3) is 0 Å². The topological polar surface area (TPSA) is 45.5 Å². The summed E-state index contributed by atoms with van der Waals surface area (Å²) in [5, 5.41) is 3.38. The third-order valence-electron chi connectivity index (χ3n) is 3.44. The van der Waals surface area contributed by atoms with E-state index in [-0.39, 0.29) is 0 Å². The van der Waals surface area contributed by atoms with Crippen LogP contribution in [0.1, 0.15) is 11.4 Å². The maximum atomic E-state index is 4.34. The first-order valence-electron chi connectivity index (χ1n) is 7.22. The van der Waals surface area contributed by atoms with E-state index in [1.54, 1.807) is 7.05 Å². The highest BCUT2D eigenvalue weighted by atomic mass is 79.9. The van der Waals surface area contributed by atoms with E-state index in [1.807, 2.05) is 38.5 Å². The van der Waals surface area contributed by atoms with E-state index in [0.29, 0.717) is 0 Å². The van der Waals surface area contributed by atoms with Crippen LogP contribution in [0, 0.1) is 0 Å². The number of aliphatic imine (C=N–C) groups is 1. The molecule has 5 nitrogen and oxygen atoms in total. The lowest BCUT2D eigenvalue weighted by Gasteiger charge is -2.22. The molecule has 2 aromatic rings. The van der Waals surface area contributed by atoms with Crippen molar-refractivity contribution in [3.8, 4) is 0 Å². The Kier molecular flexibility index (Phi) is 6.00. The molecule has 118 valence electrons. The molecule has 0 fully saturated rings. The average molecular weight is 364 g/mol. The molecule has 1 N–H and O–H groups in total. The van der Waals surface area contributed by atoms with Gasteiger partial charge in [-0.1, -0.05) is 6.07 Å². The summed E-state index contributed by atoms with van der Waals surface area (Å²) in [5.74, 6) is 0.883. The summed E-state index contributed by atoms with van der Waals surface area (Å²) in [7, 11) is 5.89. The summed E-state index contributed by atoms with van der Waals surface area (Å²) >= 11 is 3.50. The van der Waals surface area contributed by atoms with Crippen molar-refractivity contribution < 1.29 is 0 Å². The fraction of sp³-hybridized carbons (Fsp3) is 0.375. The molecule has 2 aromatic heterocycles. The lowest BCUT2D eigenvalue weighted by molar-refractivity contribution is 0.462. The largest absolute Gasteiger partial charge is 0.356 e. The SMILES string of the molecule is CN=C(NCCc1ccccn1)N(C)Cc1cc(Br)cn1C. The first-order valence-corrected chi connectivity index (χ1v) is 8.02. The van der Waals surface area contributed by atoms with Crippen molar-refractivity contribution in [1.82, 2.24) is 19.8 Å². The molecular formula is C16H22BrN5. The maximum absolute atomic E-state index is 4.34. The van der Waals surface area contributed by atoms with Gasteiger partial charge in [-0.3, -0.25) is 9.98 Å². The fourth-order valence-electron chi connectivity index (χ4n) is 2.27. The van der Waals surface area contributed by atoms with Gasteiger partial charge in [0.15, 0.2) is 5.96 Å². The number of hydrogen-bond acceptors (Lipinski definition) is 2. The number of guanidine groups is 1. The minimum Gasteiger partial charge on any atom is -0.356 e. The van der Waals surface area contributed by atoms with Crippen molar-refractivity contribution in [2.45, 2.75) is 13.0 Å². The molecule has 6 heteroatoms. The molecule has 0 atom stereocenters. The standard InChI is InChI=1S/C16H22BrN5/c1-18-16(20-9-7-14-6-4-5-8-19-14)22(3)12-15-10-13(17)11-21(15)2/h4-6,8,10-11H,7,9,12H2,1-3H3,(H,18,20). The van der Waals surface area contributed by atoms with Crippen LogP contribution < -0.4 is 5.32 Å². The normalized spacial score (nSPS) is 11.5. The van der Waals surface area contributed by atoms with Crippen molar-refractivity contribution in [3.63, 3.8) is 0 Å². The van der Waals surface area contributed by atoms with Crippen LogP contribution in [0.3, 0.4) is 0 Å². The van der Waals surface area contributed by atoms with Crippen LogP contribution in [0.15, 0.2) is 46.1 Å². The highest BCUT2D eigenvalue weighted by molar-refractivity contribution is 9.10. The van der Waals surface area contributed by atoms with Crippen LogP contribution in [0.5, 0.6) is 0 Å². The van der Waals surface area contributed by atoms with Gasteiger partial charge < -0.3 is 14.8 Å². The van der Waals surface area contributed by atoms with Gasteiger partial charge in [0.2, 0.25) is 0 Å². The summed E-state index contributed by atoms with van der Waals surface area (Å²) in [6, 6.07) is 8.10.